The predicted molar refractivity (Wildman–Crippen MR) is 75.3 cm³/mol. The quantitative estimate of drug-likeness (QED) is 0.775. The maximum Gasteiger partial charge on any atom is 0.339 e. The van der Waals surface area contributed by atoms with Gasteiger partial charge in [0.1, 0.15) is 5.56 Å². The summed E-state index contributed by atoms with van der Waals surface area (Å²) in [5.74, 6) is -0.969. The van der Waals surface area contributed by atoms with Crippen molar-refractivity contribution in [3.05, 3.63) is 53.5 Å². The first-order chi connectivity index (χ1) is 9.56. The lowest BCUT2D eigenvalue weighted by Crippen LogP contribution is -1.99. The number of hydrogen-bond acceptors (Lipinski definition) is 3. The van der Waals surface area contributed by atoms with Crippen LogP contribution in [0.15, 0.2) is 36.5 Å². The second-order valence-corrected chi connectivity index (χ2v) is 4.68. The van der Waals surface area contributed by atoms with E-state index in [1.165, 1.54) is 0 Å². The monoisotopic (exact) mass is 267 g/mol. The summed E-state index contributed by atoms with van der Waals surface area (Å²) in [6, 6.07) is 9.64. The van der Waals surface area contributed by atoms with E-state index in [1.807, 2.05) is 37.3 Å². The highest BCUT2D eigenvalue weighted by Crippen LogP contribution is 2.22. The average molecular weight is 267 g/mol. The van der Waals surface area contributed by atoms with E-state index in [4.69, 9.17) is 5.11 Å². The first-order valence-corrected chi connectivity index (χ1v) is 6.22. The molecule has 0 radical (unpaired) electrons. The van der Waals surface area contributed by atoms with Crippen LogP contribution in [0.2, 0.25) is 0 Å². The second kappa shape index (κ2) is 4.45. The molecule has 0 saturated heterocycles. The fourth-order valence-corrected chi connectivity index (χ4v) is 2.27. The van der Waals surface area contributed by atoms with Crippen LogP contribution in [-0.2, 0) is 0 Å². The molecule has 2 aromatic heterocycles. The molecule has 0 aliphatic heterocycles. The molecule has 1 aromatic carbocycles. The third-order valence-electron chi connectivity index (χ3n) is 3.20. The highest BCUT2D eigenvalue weighted by atomic mass is 16.4. The Morgan fingerprint density at radius 2 is 2.00 bits per heavy atom. The summed E-state index contributed by atoms with van der Waals surface area (Å²) in [6.45, 7) is 3.60. The van der Waals surface area contributed by atoms with E-state index in [1.54, 1.807) is 17.8 Å². The molecule has 3 rings (SSSR count). The van der Waals surface area contributed by atoms with E-state index in [0.717, 1.165) is 22.3 Å². The van der Waals surface area contributed by atoms with Crippen LogP contribution in [0.4, 0.5) is 0 Å². The van der Waals surface area contributed by atoms with Gasteiger partial charge in [0.15, 0.2) is 0 Å². The highest BCUT2D eigenvalue weighted by Gasteiger charge is 2.14. The smallest absolute Gasteiger partial charge is 0.339 e. The largest absolute Gasteiger partial charge is 0.478 e. The fourth-order valence-electron chi connectivity index (χ4n) is 2.27. The van der Waals surface area contributed by atoms with Crippen LogP contribution in [0.3, 0.4) is 0 Å². The average Bonchev–Trinajstić information content (AvgIpc) is 2.80. The van der Waals surface area contributed by atoms with E-state index in [0.29, 0.717) is 5.69 Å². The van der Waals surface area contributed by atoms with Crippen molar-refractivity contribution in [1.82, 2.24) is 14.8 Å². The van der Waals surface area contributed by atoms with Crippen LogP contribution < -0.4 is 0 Å². The first kappa shape index (κ1) is 12.3. The zero-order chi connectivity index (χ0) is 14.3. The fraction of sp³-hybridized carbons (Fsp3) is 0.133. The Kier molecular flexibility index (Phi) is 2.75. The van der Waals surface area contributed by atoms with Gasteiger partial charge >= 0.3 is 5.97 Å². The van der Waals surface area contributed by atoms with Gasteiger partial charge in [-0.25, -0.2) is 9.48 Å². The number of para-hydroxylation sites is 1. The molecule has 0 saturated carbocycles. The molecule has 100 valence electrons. The van der Waals surface area contributed by atoms with Gasteiger partial charge in [0.05, 0.1) is 16.9 Å². The van der Waals surface area contributed by atoms with Crippen LogP contribution in [0.5, 0.6) is 0 Å². The molecule has 20 heavy (non-hydrogen) atoms. The Morgan fingerprint density at radius 1 is 1.25 bits per heavy atom. The van der Waals surface area contributed by atoms with Gasteiger partial charge in [0.2, 0.25) is 0 Å². The number of carboxylic acids is 1. The summed E-state index contributed by atoms with van der Waals surface area (Å²) >= 11 is 0. The Morgan fingerprint density at radius 3 is 2.70 bits per heavy atom. The lowest BCUT2D eigenvalue weighted by molar-refractivity contribution is 0.0696. The lowest BCUT2D eigenvalue weighted by atomic mass is 10.1. The van der Waals surface area contributed by atoms with Crippen molar-refractivity contribution in [3.63, 3.8) is 0 Å². The third-order valence-corrected chi connectivity index (χ3v) is 3.20. The van der Waals surface area contributed by atoms with Gasteiger partial charge in [-0.1, -0.05) is 18.2 Å². The second-order valence-electron chi connectivity index (χ2n) is 4.68. The number of nitrogens with zero attached hydrogens (tertiary/aromatic N) is 3. The molecule has 0 spiro atoms. The van der Waals surface area contributed by atoms with Crippen LogP contribution in [0, 0.1) is 13.8 Å². The van der Waals surface area contributed by atoms with Crippen molar-refractivity contribution in [2.24, 2.45) is 0 Å². The van der Waals surface area contributed by atoms with Gasteiger partial charge < -0.3 is 5.11 Å². The van der Waals surface area contributed by atoms with Crippen LogP contribution in [0.25, 0.3) is 16.6 Å². The molecule has 0 amide bonds. The molecule has 3 aromatic rings. The number of rotatable bonds is 2. The van der Waals surface area contributed by atoms with E-state index in [-0.39, 0.29) is 5.56 Å². The lowest BCUT2D eigenvalue weighted by Gasteiger charge is -2.07. The summed E-state index contributed by atoms with van der Waals surface area (Å²) in [7, 11) is 0. The van der Waals surface area contributed by atoms with Gasteiger partial charge in [0.25, 0.3) is 0 Å². The van der Waals surface area contributed by atoms with Crippen molar-refractivity contribution < 1.29 is 9.90 Å². The SMILES string of the molecule is Cc1cc(-n2cc(C(=O)O)c(C)n2)c2ccccc2n1. The van der Waals surface area contributed by atoms with Gasteiger partial charge in [-0.05, 0) is 26.0 Å². The number of pyridine rings is 1. The molecule has 0 aliphatic rings. The number of aromatic carboxylic acids is 1. The van der Waals surface area contributed by atoms with Crippen LogP contribution >= 0.6 is 0 Å². The molecule has 1 N–H and O–H groups in total. The molecule has 0 bridgehead atoms. The molecular formula is C15H13N3O2. The summed E-state index contributed by atoms with van der Waals surface area (Å²) in [5.41, 5.74) is 3.28. The van der Waals surface area contributed by atoms with Crippen molar-refractivity contribution in [3.8, 4) is 5.69 Å². The van der Waals surface area contributed by atoms with Gasteiger partial charge in [-0.15, -0.1) is 0 Å². The topological polar surface area (TPSA) is 68.0 Å². The van der Waals surface area contributed by atoms with Gasteiger partial charge in [0, 0.05) is 17.3 Å². The Labute approximate surface area is 115 Å². The van der Waals surface area contributed by atoms with Crippen molar-refractivity contribution in [1.29, 1.82) is 0 Å². The van der Waals surface area contributed by atoms with E-state index >= 15 is 0 Å². The normalized spacial score (nSPS) is 10.9. The minimum Gasteiger partial charge on any atom is -0.478 e. The molecule has 0 aliphatic carbocycles. The maximum atomic E-state index is 11.1. The first-order valence-electron chi connectivity index (χ1n) is 6.22. The molecule has 0 unspecified atom stereocenters. The molecule has 0 atom stereocenters. The summed E-state index contributed by atoms with van der Waals surface area (Å²) in [6.07, 6.45) is 1.54. The number of hydrogen-bond donors (Lipinski definition) is 1. The Bertz CT molecular complexity index is 821. The minimum absolute atomic E-state index is 0.212. The van der Waals surface area contributed by atoms with Crippen molar-refractivity contribution in [2.45, 2.75) is 13.8 Å². The number of aromatic nitrogens is 3. The predicted octanol–water partition coefficient (Wildman–Crippen LogP) is 2.74. The summed E-state index contributed by atoms with van der Waals surface area (Å²) < 4.78 is 1.61. The van der Waals surface area contributed by atoms with Crippen LogP contribution in [-0.4, -0.2) is 25.8 Å². The number of fused-ring (bicyclic) bond motifs is 1. The van der Waals surface area contributed by atoms with Crippen molar-refractivity contribution in [2.75, 3.05) is 0 Å². The summed E-state index contributed by atoms with van der Waals surface area (Å²) in [5, 5.41) is 14.4. The van der Waals surface area contributed by atoms with E-state index in [2.05, 4.69) is 10.1 Å². The highest BCUT2D eigenvalue weighted by molar-refractivity contribution is 5.90. The van der Waals surface area contributed by atoms with E-state index < -0.39 is 5.97 Å². The van der Waals surface area contributed by atoms with Crippen molar-refractivity contribution >= 4 is 16.9 Å². The molecule has 5 nitrogen and oxygen atoms in total. The van der Waals surface area contributed by atoms with E-state index in [9.17, 15) is 4.79 Å². The standard InChI is InChI=1S/C15H13N3O2/c1-9-7-14(11-5-3-4-6-13(11)16-9)18-8-12(15(19)20)10(2)17-18/h3-8H,1-2H3,(H,19,20). The summed E-state index contributed by atoms with van der Waals surface area (Å²) in [4.78, 5) is 15.6. The Balaban J connectivity index is 2.29. The molecular weight excluding hydrogens is 254 g/mol. The Hall–Kier alpha value is -2.69. The van der Waals surface area contributed by atoms with Crippen LogP contribution in [0.1, 0.15) is 21.7 Å². The minimum atomic E-state index is -0.969. The zero-order valence-corrected chi connectivity index (χ0v) is 11.2. The number of benzene rings is 1. The number of carbonyl (C=O) groups is 1. The molecule has 2 heterocycles. The maximum absolute atomic E-state index is 11.1. The number of carboxylic acid groups (broad SMARTS) is 1. The zero-order valence-electron chi connectivity index (χ0n) is 11.2. The number of aryl methyl sites for hydroxylation is 2. The van der Waals surface area contributed by atoms with Gasteiger partial charge in [-0.3, -0.25) is 4.98 Å². The van der Waals surface area contributed by atoms with Gasteiger partial charge in [-0.2, -0.15) is 5.10 Å². The third kappa shape index (κ3) is 1.93. The molecule has 0 fully saturated rings. The molecule has 5 heteroatoms.